The van der Waals surface area contributed by atoms with Crippen LogP contribution in [0.2, 0.25) is 0 Å². The summed E-state index contributed by atoms with van der Waals surface area (Å²) >= 11 is 0. The molecule has 0 saturated carbocycles. The maximum Gasteiger partial charge on any atom is 0.335 e. The topological polar surface area (TPSA) is 55.8 Å². The second-order valence-electron chi connectivity index (χ2n) is 6.36. The molecule has 0 unspecified atom stereocenters. The lowest BCUT2D eigenvalue weighted by Crippen LogP contribution is -1.98. The number of hydrogen-bond acceptors (Lipinski definition) is 3. The SMILES string of the molecule is O=C(O)c1cccc(OC/C=C\C/C=C\C/C=C\C/C=C\COc2ccccc2)c1. The molecule has 0 aromatic heterocycles. The third-order valence-corrected chi connectivity index (χ3v) is 4.00. The van der Waals surface area contributed by atoms with Crippen molar-refractivity contribution in [3.8, 4) is 11.5 Å². The average molecular weight is 405 g/mol. The van der Waals surface area contributed by atoms with Crippen molar-refractivity contribution in [2.75, 3.05) is 13.2 Å². The second-order valence-corrected chi connectivity index (χ2v) is 6.36. The highest BCUT2D eigenvalue weighted by molar-refractivity contribution is 5.87. The molecule has 2 aromatic rings. The molecule has 0 radical (unpaired) electrons. The van der Waals surface area contributed by atoms with Gasteiger partial charge in [-0.05, 0) is 49.6 Å². The van der Waals surface area contributed by atoms with Crippen LogP contribution in [0.25, 0.3) is 0 Å². The van der Waals surface area contributed by atoms with Gasteiger partial charge in [-0.15, -0.1) is 0 Å². The van der Waals surface area contributed by atoms with Crippen LogP contribution in [0.5, 0.6) is 11.5 Å². The second kappa shape index (κ2) is 14.5. The van der Waals surface area contributed by atoms with Crippen molar-refractivity contribution in [3.05, 3.63) is 109 Å². The molecule has 0 heterocycles. The summed E-state index contributed by atoms with van der Waals surface area (Å²) in [5.74, 6) is 0.486. The number of carbonyl (C=O) groups is 1. The minimum atomic E-state index is -0.955. The number of para-hydroxylation sites is 1. The minimum Gasteiger partial charge on any atom is -0.490 e. The van der Waals surface area contributed by atoms with E-state index >= 15 is 0 Å². The molecule has 0 aliphatic heterocycles. The zero-order valence-corrected chi connectivity index (χ0v) is 17.0. The fraction of sp³-hybridized carbons (Fsp3) is 0.192. The van der Waals surface area contributed by atoms with Gasteiger partial charge in [0.2, 0.25) is 0 Å². The van der Waals surface area contributed by atoms with Crippen LogP contribution in [-0.2, 0) is 0 Å². The molecule has 4 nitrogen and oxygen atoms in total. The Hall–Kier alpha value is -3.53. The van der Waals surface area contributed by atoms with Gasteiger partial charge in [0.15, 0.2) is 0 Å². The lowest BCUT2D eigenvalue weighted by atomic mass is 10.2. The van der Waals surface area contributed by atoms with Gasteiger partial charge in [-0.1, -0.05) is 72.9 Å². The molecule has 0 atom stereocenters. The van der Waals surface area contributed by atoms with E-state index in [1.165, 1.54) is 6.07 Å². The summed E-state index contributed by atoms with van der Waals surface area (Å²) in [6, 6.07) is 16.3. The van der Waals surface area contributed by atoms with Gasteiger partial charge in [-0.2, -0.15) is 0 Å². The van der Waals surface area contributed by atoms with Gasteiger partial charge in [0.05, 0.1) is 5.56 Å². The third kappa shape index (κ3) is 10.1. The Balaban J connectivity index is 1.49. The quantitative estimate of drug-likeness (QED) is 0.402. The molecule has 30 heavy (non-hydrogen) atoms. The van der Waals surface area contributed by atoms with Crippen LogP contribution in [0.15, 0.2) is 103 Å². The summed E-state index contributed by atoms with van der Waals surface area (Å²) in [6.07, 6.45) is 19.2. The summed E-state index contributed by atoms with van der Waals surface area (Å²) in [5.41, 5.74) is 0.225. The zero-order valence-electron chi connectivity index (χ0n) is 17.0. The number of aromatic carboxylic acids is 1. The Morgan fingerprint density at radius 1 is 0.667 bits per heavy atom. The summed E-state index contributed by atoms with van der Waals surface area (Å²) < 4.78 is 11.1. The summed E-state index contributed by atoms with van der Waals surface area (Å²) in [5, 5.41) is 8.95. The molecular weight excluding hydrogens is 376 g/mol. The molecular formula is C26H28O4. The monoisotopic (exact) mass is 404 g/mol. The van der Waals surface area contributed by atoms with Crippen LogP contribution < -0.4 is 9.47 Å². The normalized spacial score (nSPS) is 11.7. The lowest BCUT2D eigenvalue weighted by molar-refractivity contribution is 0.0696. The average Bonchev–Trinajstić information content (AvgIpc) is 2.77. The Kier molecular flexibility index (Phi) is 11.0. The van der Waals surface area contributed by atoms with Crippen molar-refractivity contribution in [1.82, 2.24) is 0 Å². The number of ether oxygens (including phenoxy) is 2. The van der Waals surface area contributed by atoms with E-state index < -0.39 is 5.97 Å². The summed E-state index contributed by atoms with van der Waals surface area (Å²) in [4.78, 5) is 10.9. The highest BCUT2D eigenvalue weighted by atomic mass is 16.5. The highest BCUT2D eigenvalue weighted by Crippen LogP contribution is 2.13. The standard InChI is InChI=1S/C26H28O4/c27-26(28)23-16-15-19-25(22-23)30-21-14-9-7-5-3-1-2-4-6-8-13-20-29-24-17-11-10-12-18-24/h2-5,8-19,22H,1,6-7,20-21H2,(H,27,28)/b4-2-,5-3-,13-8-,14-9-. The van der Waals surface area contributed by atoms with Gasteiger partial charge in [0.1, 0.15) is 24.7 Å². The summed E-state index contributed by atoms with van der Waals surface area (Å²) in [7, 11) is 0. The Morgan fingerprint density at radius 3 is 1.73 bits per heavy atom. The maximum atomic E-state index is 10.9. The molecule has 0 spiro atoms. The van der Waals surface area contributed by atoms with Crippen LogP contribution in [0, 0.1) is 0 Å². The van der Waals surface area contributed by atoms with Crippen molar-refractivity contribution in [2.24, 2.45) is 0 Å². The van der Waals surface area contributed by atoms with Crippen molar-refractivity contribution in [1.29, 1.82) is 0 Å². The first kappa shape index (κ1) is 22.8. The smallest absolute Gasteiger partial charge is 0.335 e. The fourth-order valence-corrected chi connectivity index (χ4v) is 2.47. The molecule has 0 fully saturated rings. The molecule has 2 aromatic carbocycles. The van der Waals surface area contributed by atoms with E-state index in [1.807, 2.05) is 48.6 Å². The first-order valence-corrected chi connectivity index (χ1v) is 9.99. The van der Waals surface area contributed by atoms with Gasteiger partial charge < -0.3 is 14.6 Å². The van der Waals surface area contributed by atoms with Crippen LogP contribution in [0.3, 0.4) is 0 Å². The lowest BCUT2D eigenvalue weighted by Gasteiger charge is -2.03. The molecule has 4 heteroatoms. The van der Waals surface area contributed by atoms with E-state index in [1.54, 1.807) is 18.2 Å². The van der Waals surface area contributed by atoms with E-state index in [4.69, 9.17) is 14.6 Å². The van der Waals surface area contributed by atoms with Gasteiger partial charge >= 0.3 is 5.97 Å². The number of carboxylic acid groups (broad SMARTS) is 1. The molecule has 0 aliphatic carbocycles. The van der Waals surface area contributed by atoms with Crippen LogP contribution >= 0.6 is 0 Å². The predicted octanol–water partition coefficient (Wildman–Crippen LogP) is 6.24. The first-order valence-electron chi connectivity index (χ1n) is 9.99. The minimum absolute atomic E-state index is 0.225. The molecule has 0 bridgehead atoms. The van der Waals surface area contributed by atoms with Crippen LogP contribution in [-0.4, -0.2) is 24.3 Å². The van der Waals surface area contributed by atoms with Crippen molar-refractivity contribution in [3.63, 3.8) is 0 Å². The first-order chi connectivity index (χ1) is 14.8. The van der Waals surface area contributed by atoms with Crippen molar-refractivity contribution in [2.45, 2.75) is 19.3 Å². The zero-order chi connectivity index (χ0) is 21.3. The van der Waals surface area contributed by atoms with Gasteiger partial charge in [-0.25, -0.2) is 4.79 Å². The number of rotatable bonds is 13. The highest BCUT2D eigenvalue weighted by Gasteiger charge is 2.02. The Labute approximate surface area is 178 Å². The molecule has 0 aliphatic rings. The number of allylic oxidation sites excluding steroid dienone is 6. The molecule has 2 rings (SSSR count). The van der Waals surface area contributed by atoms with Crippen LogP contribution in [0.1, 0.15) is 29.6 Å². The Morgan fingerprint density at radius 2 is 1.17 bits per heavy atom. The molecule has 0 saturated heterocycles. The molecule has 0 amide bonds. The number of benzene rings is 2. The Bertz CT molecular complexity index is 864. The number of carboxylic acids is 1. The maximum absolute atomic E-state index is 10.9. The third-order valence-electron chi connectivity index (χ3n) is 4.00. The summed E-state index contributed by atoms with van der Waals surface area (Å²) in [6.45, 7) is 0.996. The van der Waals surface area contributed by atoms with Crippen molar-refractivity contribution >= 4 is 5.97 Å². The molecule has 1 N–H and O–H groups in total. The molecule has 156 valence electrons. The number of hydrogen-bond donors (Lipinski definition) is 1. The predicted molar refractivity (Wildman–Crippen MR) is 121 cm³/mol. The van der Waals surface area contributed by atoms with Crippen LogP contribution in [0.4, 0.5) is 0 Å². The van der Waals surface area contributed by atoms with E-state index in [9.17, 15) is 4.79 Å². The largest absolute Gasteiger partial charge is 0.490 e. The van der Waals surface area contributed by atoms with Gasteiger partial charge in [0.25, 0.3) is 0 Å². The van der Waals surface area contributed by atoms with Crippen molar-refractivity contribution < 1.29 is 19.4 Å². The fourth-order valence-electron chi connectivity index (χ4n) is 2.47. The van der Waals surface area contributed by atoms with E-state index in [0.29, 0.717) is 19.0 Å². The van der Waals surface area contributed by atoms with Gasteiger partial charge in [0, 0.05) is 0 Å². The van der Waals surface area contributed by atoms with E-state index in [-0.39, 0.29) is 5.56 Å². The van der Waals surface area contributed by atoms with Gasteiger partial charge in [-0.3, -0.25) is 0 Å². The van der Waals surface area contributed by atoms with E-state index in [0.717, 1.165) is 25.0 Å². The van der Waals surface area contributed by atoms with E-state index in [2.05, 4.69) is 30.4 Å².